The molecule has 0 fully saturated rings. The molecule has 0 aromatic heterocycles. The van der Waals surface area contributed by atoms with Gasteiger partial charge in [-0.25, -0.2) is 0 Å². The summed E-state index contributed by atoms with van der Waals surface area (Å²) in [4.78, 5) is 22.8. The Hall–Kier alpha value is -2.31. The number of rotatable bonds is 5. The Morgan fingerprint density at radius 3 is 2.25 bits per heavy atom. The van der Waals surface area contributed by atoms with Crippen molar-refractivity contribution in [3.63, 3.8) is 0 Å². The van der Waals surface area contributed by atoms with Crippen molar-refractivity contribution in [3.05, 3.63) is 48.0 Å². The second-order valence-corrected chi connectivity index (χ2v) is 4.03. The first-order chi connectivity index (χ1) is 9.25. The Morgan fingerprint density at radius 2 is 1.85 bits per heavy atom. The summed E-state index contributed by atoms with van der Waals surface area (Å²) in [6, 6.07) is 2.71. The van der Waals surface area contributed by atoms with E-state index in [4.69, 9.17) is 5.73 Å². The minimum absolute atomic E-state index is 0.00770. The number of alkyl halides is 3. The maximum Gasteiger partial charge on any atom is 0.416 e. The first kappa shape index (κ1) is 15.7. The number of nitrogens with one attached hydrogen (secondary N) is 1. The summed E-state index contributed by atoms with van der Waals surface area (Å²) in [6.07, 6.45) is -2.92. The van der Waals surface area contributed by atoms with Gasteiger partial charge in [0.25, 0.3) is 5.91 Å². The van der Waals surface area contributed by atoms with Gasteiger partial charge in [-0.15, -0.1) is 6.58 Å². The molecule has 0 heterocycles. The number of halogens is 3. The molecule has 0 aliphatic rings. The van der Waals surface area contributed by atoms with Crippen molar-refractivity contribution >= 4 is 11.8 Å². The van der Waals surface area contributed by atoms with Crippen LogP contribution in [0.5, 0.6) is 0 Å². The average Bonchev–Trinajstić information content (AvgIpc) is 2.37. The first-order valence-electron chi connectivity index (χ1n) is 5.64. The van der Waals surface area contributed by atoms with Crippen LogP contribution in [-0.4, -0.2) is 17.9 Å². The average molecular weight is 286 g/mol. The topological polar surface area (TPSA) is 72.2 Å². The summed E-state index contributed by atoms with van der Waals surface area (Å²) in [6.45, 7) is 3.42. The van der Waals surface area contributed by atoms with Gasteiger partial charge in [-0.05, 0) is 30.7 Å². The van der Waals surface area contributed by atoms with Crippen molar-refractivity contribution in [3.8, 4) is 0 Å². The molecule has 4 nitrogen and oxygen atoms in total. The van der Waals surface area contributed by atoms with E-state index in [-0.39, 0.29) is 12.0 Å². The van der Waals surface area contributed by atoms with E-state index >= 15 is 0 Å². The summed E-state index contributed by atoms with van der Waals surface area (Å²) in [7, 11) is 0. The Labute approximate surface area is 113 Å². The van der Waals surface area contributed by atoms with Gasteiger partial charge in [0.2, 0.25) is 5.91 Å². The van der Waals surface area contributed by atoms with E-state index in [0.717, 1.165) is 24.3 Å². The Morgan fingerprint density at radius 1 is 1.30 bits per heavy atom. The van der Waals surface area contributed by atoms with Crippen molar-refractivity contribution in [1.82, 2.24) is 5.32 Å². The first-order valence-corrected chi connectivity index (χ1v) is 5.64. The van der Waals surface area contributed by atoms with Gasteiger partial charge in [0.05, 0.1) is 5.56 Å². The Balaban J connectivity index is 2.82. The van der Waals surface area contributed by atoms with Crippen LogP contribution < -0.4 is 11.1 Å². The molecule has 7 heteroatoms. The lowest BCUT2D eigenvalue weighted by Gasteiger charge is -2.14. The quantitative estimate of drug-likeness (QED) is 0.811. The van der Waals surface area contributed by atoms with E-state index in [1.54, 1.807) is 0 Å². The van der Waals surface area contributed by atoms with Crippen LogP contribution in [0.4, 0.5) is 13.2 Å². The van der Waals surface area contributed by atoms with Gasteiger partial charge in [0, 0.05) is 5.56 Å². The molecule has 0 saturated heterocycles. The summed E-state index contributed by atoms with van der Waals surface area (Å²) in [5.41, 5.74) is 4.23. The van der Waals surface area contributed by atoms with Crippen molar-refractivity contribution in [1.29, 1.82) is 0 Å². The molecule has 108 valence electrons. The number of benzene rings is 1. The molecule has 0 aliphatic carbocycles. The molecule has 0 unspecified atom stereocenters. The van der Waals surface area contributed by atoms with Crippen LogP contribution >= 0.6 is 0 Å². The zero-order valence-electron chi connectivity index (χ0n) is 10.4. The number of hydrogen-bond acceptors (Lipinski definition) is 2. The Bertz CT molecular complexity index is 509. The highest BCUT2D eigenvalue weighted by atomic mass is 19.4. The monoisotopic (exact) mass is 286 g/mol. The van der Waals surface area contributed by atoms with Gasteiger partial charge in [0.15, 0.2) is 0 Å². The smallest absolute Gasteiger partial charge is 0.368 e. The Kier molecular flexibility index (Phi) is 4.90. The summed E-state index contributed by atoms with van der Waals surface area (Å²) < 4.78 is 37.1. The fourth-order valence-corrected chi connectivity index (χ4v) is 1.47. The highest BCUT2D eigenvalue weighted by Crippen LogP contribution is 2.29. The highest BCUT2D eigenvalue weighted by Gasteiger charge is 2.30. The van der Waals surface area contributed by atoms with Crippen LogP contribution in [-0.2, 0) is 11.0 Å². The molecule has 1 rings (SSSR count). The van der Waals surface area contributed by atoms with E-state index in [1.807, 2.05) is 0 Å². The van der Waals surface area contributed by atoms with E-state index < -0.39 is 29.6 Å². The largest absolute Gasteiger partial charge is 0.416 e. The van der Waals surface area contributed by atoms with E-state index in [9.17, 15) is 22.8 Å². The molecular formula is C13H13F3N2O2. The molecule has 1 aromatic carbocycles. The molecule has 1 atom stereocenters. The van der Waals surface area contributed by atoms with Crippen molar-refractivity contribution in [2.24, 2.45) is 5.73 Å². The van der Waals surface area contributed by atoms with Gasteiger partial charge >= 0.3 is 6.18 Å². The maximum atomic E-state index is 12.4. The summed E-state index contributed by atoms with van der Waals surface area (Å²) in [5.74, 6) is -1.42. The molecule has 0 radical (unpaired) electrons. The normalized spacial score (nSPS) is 12.6. The third kappa shape index (κ3) is 4.11. The molecule has 2 amide bonds. The standard InChI is InChI=1S/C13H13F3N2O2/c1-2-3-10(11(17)19)18-12(20)8-4-6-9(7-5-8)13(14,15)16/h2,4-7,10H,1,3H2,(H2,17,19)(H,18,20)/t10-/m1/s1. The van der Waals surface area contributed by atoms with E-state index in [1.165, 1.54) is 6.08 Å². The molecule has 0 spiro atoms. The van der Waals surface area contributed by atoms with Crippen LogP contribution in [0.2, 0.25) is 0 Å². The van der Waals surface area contributed by atoms with Gasteiger partial charge < -0.3 is 11.1 Å². The SMILES string of the molecule is C=CC[C@@H](NC(=O)c1ccc(C(F)(F)F)cc1)C(N)=O. The van der Waals surface area contributed by atoms with Crippen LogP contribution in [0.1, 0.15) is 22.3 Å². The number of nitrogens with two attached hydrogens (primary N) is 1. The number of hydrogen-bond donors (Lipinski definition) is 2. The number of primary amides is 1. The molecular weight excluding hydrogens is 273 g/mol. The van der Waals surface area contributed by atoms with Gasteiger partial charge in [-0.3, -0.25) is 9.59 Å². The predicted octanol–water partition coefficient (Wildman–Crippen LogP) is 1.87. The molecule has 0 bridgehead atoms. The number of carbonyl (C=O) groups is 2. The minimum atomic E-state index is -4.46. The highest BCUT2D eigenvalue weighted by molar-refractivity contribution is 5.97. The summed E-state index contributed by atoms with van der Waals surface area (Å²) in [5, 5.41) is 2.33. The lowest BCUT2D eigenvalue weighted by atomic mass is 10.1. The summed E-state index contributed by atoms with van der Waals surface area (Å²) >= 11 is 0. The number of amides is 2. The van der Waals surface area contributed by atoms with Crippen LogP contribution in [0.15, 0.2) is 36.9 Å². The van der Waals surface area contributed by atoms with Gasteiger partial charge in [-0.1, -0.05) is 6.08 Å². The van der Waals surface area contributed by atoms with Crippen molar-refractivity contribution in [2.45, 2.75) is 18.6 Å². The maximum absolute atomic E-state index is 12.4. The lowest BCUT2D eigenvalue weighted by molar-refractivity contribution is -0.137. The third-order valence-corrected chi connectivity index (χ3v) is 2.53. The molecule has 20 heavy (non-hydrogen) atoms. The van der Waals surface area contributed by atoms with Gasteiger partial charge in [0.1, 0.15) is 6.04 Å². The van der Waals surface area contributed by atoms with Gasteiger partial charge in [-0.2, -0.15) is 13.2 Å². The predicted molar refractivity (Wildman–Crippen MR) is 66.7 cm³/mol. The van der Waals surface area contributed by atoms with Crippen LogP contribution in [0.3, 0.4) is 0 Å². The molecule has 3 N–H and O–H groups in total. The van der Waals surface area contributed by atoms with E-state index in [0.29, 0.717) is 0 Å². The fraction of sp³-hybridized carbons (Fsp3) is 0.231. The van der Waals surface area contributed by atoms with Crippen LogP contribution in [0.25, 0.3) is 0 Å². The molecule has 1 aromatic rings. The second-order valence-electron chi connectivity index (χ2n) is 4.03. The zero-order chi connectivity index (χ0) is 15.3. The molecule has 0 aliphatic heterocycles. The van der Waals surface area contributed by atoms with Crippen molar-refractivity contribution in [2.75, 3.05) is 0 Å². The van der Waals surface area contributed by atoms with E-state index in [2.05, 4.69) is 11.9 Å². The zero-order valence-corrected chi connectivity index (χ0v) is 10.4. The second kappa shape index (κ2) is 6.23. The lowest BCUT2D eigenvalue weighted by Crippen LogP contribution is -2.44. The number of carbonyl (C=O) groups excluding carboxylic acids is 2. The van der Waals surface area contributed by atoms with Crippen LogP contribution in [0, 0.1) is 0 Å². The fourth-order valence-electron chi connectivity index (χ4n) is 1.47. The third-order valence-electron chi connectivity index (χ3n) is 2.53. The van der Waals surface area contributed by atoms with Crippen molar-refractivity contribution < 1.29 is 22.8 Å². The minimum Gasteiger partial charge on any atom is -0.368 e. The molecule has 0 saturated carbocycles.